The first-order valence-electron chi connectivity index (χ1n) is 5.48. The zero-order valence-electron chi connectivity index (χ0n) is 10.3. The molecular formula is C10H18F3N3O2. The summed E-state index contributed by atoms with van der Waals surface area (Å²) < 4.78 is 35.3. The number of hydrogen-bond acceptors (Lipinski definition) is 3. The van der Waals surface area contributed by atoms with Crippen LogP contribution in [0.4, 0.5) is 13.2 Å². The van der Waals surface area contributed by atoms with Gasteiger partial charge in [0.25, 0.3) is 0 Å². The van der Waals surface area contributed by atoms with E-state index in [0.717, 1.165) is 0 Å². The largest absolute Gasteiger partial charge is 0.405 e. The van der Waals surface area contributed by atoms with Gasteiger partial charge in [-0.15, -0.1) is 0 Å². The Morgan fingerprint density at radius 2 is 1.78 bits per heavy atom. The van der Waals surface area contributed by atoms with Gasteiger partial charge in [0, 0.05) is 0 Å². The van der Waals surface area contributed by atoms with Crippen LogP contribution in [0.5, 0.6) is 0 Å². The fourth-order valence-electron chi connectivity index (χ4n) is 1.17. The van der Waals surface area contributed by atoms with Gasteiger partial charge in [0.1, 0.15) is 6.54 Å². The third-order valence-corrected chi connectivity index (χ3v) is 1.97. The molecule has 0 saturated heterocycles. The monoisotopic (exact) mass is 269 g/mol. The van der Waals surface area contributed by atoms with Crippen molar-refractivity contribution >= 4 is 11.8 Å². The van der Waals surface area contributed by atoms with Crippen molar-refractivity contribution in [1.29, 1.82) is 0 Å². The van der Waals surface area contributed by atoms with Crippen LogP contribution in [0.3, 0.4) is 0 Å². The molecule has 0 bridgehead atoms. The summed E-state index contributed by atoms with van der Waals surface area (Å²) in [5, 5.41) is 3.82. The third-order valence-electron chi connectivity index (χ3n) is 1.97. The lowest BCUT2D eigenvalue weighted by Crippen LogP contribution is -2.46. The average molecular weight is 269 g/mol. The molecule has 0 unspecified atom stereocenters. The smallest absolute Gasteiger partial charge is 0.346 e. The second-order valence-corrected chi connectivity index (χ2v) is 4.35. The van der Waals surface area contributed by atoms with Gasteiger partial charge in [0.05, 0.1) is 12.6 Å². The van der Waals surface area contributed by atoms with E-state index in [2.05, 4.69) is 5.32 Å². The summed E-state index contributed by atoms with van der Waals surface area (Å²) in [6, 6.07) is -0.764. The van der Waals surface area contributed by atoms with E-state index in [0.29, 0.717) is 6.42 Å². The number of carbonyl (C=O) groups excluding carboxylic acids is 2. The second-order valence-electron chi connectivity index (χ2n) is 4.35. The van der Waals surface area contributed by atoms with Gasteiger partial charge >= 0.3 is 6.18 Å². The number of alkyl halides is 3. The first kappa shape index (κ1) is 16.7. The van der Waals surface area contributed by atoms with Crippen LogP contribution >= 0.6 is 0 Å². The highest BCUT2D eigenvalue weighted by atomic mass is 19.4. The lowest BCUT2D eigenvalue weighted by atomic mass is 10.0. The van der Waals surface area contributed by atoms with E-state index < -0.39 is 37.1 Å². The predicted octanol–water partition coefficient (Wildman–Crippen LogP) is 0.155. The Bertz CT molecular complexity index is 293. The standard InChI is InChI=1S/C10H18F3N3O2/c1-6(2)3-7(14)9(18)15-4-8(17)16-5-10(11,12)13/h6-7H,3-5,14H2,1-2H3,(H,15,18)(H,16,17)/t7-/m0/s1. The Morgan fingerprint density at radius 1 is 1.22 bits per heavy atom. The lowest BCUT2D eigenvalue weighted by molar-refractivity contribution is -0.138. The van der Waals surface area contributed by atoms with Gasteiger partial charge in [-0.2, -0.15) is 13.2 Å². The molecule has 18 heavy (non-hydrogen) atoms. The van der Waals surface area contributed by atoms with Crippen LogP contribution in [0.25, 0.3) is 0 Å². The van der Waals surface area contributed by atoms with E-state index in [1.807, 2.05) is 13.8 Å². The number of amides is 2. The molecule has 4 N–H and O–H groups in total. The molecule has 0 aromatic heterocycles. The molecular weight excluding hydrogens is 251 g/mol. The van der Waals surface area contributed by atoms with E-state index in [1.165, 1.54) is 0 Å². The molecule has 0 spiro atoms. The first-order valence-corrected chi connectivity index (χ1v) is 5.48. The van der Waals surface area contributed by atoms with E-state index in [4.69, 9.17) is 5.73 Å². The lowest BCUT2D eigenvalue weighted by Gasteiger charge is -2.14. The molecule has 0 aromatic carbocycles. The molecule has 8 heteroatoms. The van der Waals surface area contributed by atoms with Crippen LogP contribution < -0.4 is 16.4 Å². The zero-order valence-corrected chi connectivity index (χ0v) is 10.3. The Morgan fingerprint density at radius 3 is 2.22 bits per heavy atom. The van der Waals surface area contributed by atoms with Gasteiger partial charge in [-0.3, -0.25) is 9.59 Å². The van der Waals surface area contributed by atoms with Crippen molar-refractivity contribution in [2.24, 2.45) is 11.7 Å². The Kier molecular flexibility index (Phi) is 6.67. The summed E-state index contributed by atoms with van der Waals surface area (Å²) in [4.78, 5) is 22.3. The number of rotatable bonds is 6. The van der Waals surface area contributed by atoms with Gasteiger partial charge in [0.2, 0.25) is 11.8 Å². The average Bonchev–Trinajstić information content (AvgIpc) is 2.20. The molecule has 0 heterocycles. The summed E-state index contributed by atoms with van der Waals surface area (Å²) in [6.07, 6.45) is -4.02. The van der Waals surface area contributed by atoms with Crippen molar-refractivity contribution in [3.8, 4) is 0 Å². The molecule has 1 atom stereocenters. The summed E-state index contributed by atoms with van der Waals surface area (Å²) in [6.45, 7) is 1.83. The molecule has 0 radical (unpaired) electrons. The van der Waals surface area contributed by atoms with Crippen molar-refractivity contribution < 1.29 is 22.8 Å². The maximum absolute atomic E-state index is 11.8. The highest BCUT2D eigenvalue weighted by Gasteiger charge is 2.27. The van der Waals surface area contributed by atoms with Gasteiger partial charge in [0.15, 0.2) is 0 Å². The molecule has 0 rings (SSSR count). The molecule has 0 fully saturated rings. The predicted molar refractivity (Wildman–Crippen MR) is 59.5 cm³/mol. The minimum atomic E-state index is -4.46. The quantitative estimate of drug-likeness (QED) is 0.642. The van der Waals surface area contributed by atoms with Crippen LogP contribution in [0.1, 0.15) is 20.3 Å². The highest BCUT2D eigenvalue weighted by Crippen LogP contribution is 2.11. The summed E-state index contributed by atoms with van der Waals surface area (Å²) in [5.41, 5.74) is 5.52. The SMILES string of the molecule is CC(C)C[C@H](N)C(=O)NCC(=O)NCC(F)(F)F. The summed E-state index contributed by atoms with van der Waals surface area (Å²) >= 11 is 0. The summed E-state index contributed by atoms with van der Waals surface area (Å²) in [5.74, 6) is -1.24. The normalized spacial score (nSPS) is 13.3. The molecule has 0 aromatic rings. The Hall–Kier alpha value is -1.31. The molecule has 0 aliphatic carbocycles. The van der Waals surface area contributed by atoms with Crippen LogP contribution in [-0.4, -0.2) is 37.1 Å². The van der Waals surface area contributed by atoms with Crippen LogP contribution in [-0.2, 0) is 9.59 Å². The van der Waals surface area contributed by atoms with Crippen molar-refractivity contribution in [3.63, 3.8) is 0 Å². The number of hydrogen-bond donors (Lipinski definition) is 3. The van der Waals surface area contributed by atoms with E-state index in [1.54, 1.807) is 5.32 Å². The highest BCUT2D eigenvalue weighted by molar-refractivity contribution is 5.87. The van der Waals surface area contributed by atoms with Crippen molar-refractivity contribution in [3.05, 3.63) is 0 Å². The van der Waals surface area contributed by atoms with Crippen molar-refractivity contribution in [1.82, 2.24) is 10.6 Å². The number of nitrogens with two attached hydrogens (primary N) is 1. The van der Waals surface area contributed by atoms with Gasteiger partial charge < -0.3 is 16.4 Å². The molecule has 106 valence electrons. The van der Waals surface area contributed by atoms with Crippen molar-refractivity contribution in [2.45, 2.75) is 32.5 Å². The first-order chi connectivity index (χ1) is 8.11. The molecule has 0 saturated carbocycles. The number of nitrogens with one attached hydrogen (secondary N) is 2. The Balaban J connectivity index is 3.88. The fraction of sp³-hybridized carbons (Fsp3) is 0.800. The second kappa shape index (κ2) is 7.20. The van der Waals surface area contributed by atoms with Crippen LogP contribution in [0, 0.1) is 5.92 Å². The number of halogens is 3. The van der Waals surface area contributed by atoms with Crippen LogP contribution in [0.2, 0.25) is 0 Å². The Labute approximate surface area is 103 Å². The molecule has 0 aliphatic rings. The zero-order chi connectivity index (χ0) is 14.3. The molecule has 2 amide bonds. The van der Waals surface area contributed by atoms with Gasteiger partial charge in [-0.1, -0.05) is 13.8 Å². The summed E-state index contributed by atoms with van der Waals surface area (Å²) in [7, 11) is 0. The molecule has 0 aliphatic heterocycles. The van der Waals surface area contributed by atoms with Gasteiger partial charge in [-0.05, 0) is 12.3 Å². The minimum Gasteiger partial charge on any atom is -0.346 e. The molecule has 5 nitrogen and oxygen atoms in total. The number of carbonyl (C=O) groups is 2. The topological polar surface area (TPSA) is 84.2 Å². The maximum Gasteiger partial charge on any atom is 0.405 e. The van der Waals surface area contributed by atoms with E-state index in [-0.39, 0.29) is 5.92 Å². The van der Waals surface area contributed by atoms with Gasteiger partial charge in [-0.25, -0.2) is 0 Å². The van der Waals surface area contributed by atoms with E-state index in [9.17, 15) is 22.8 Å². The maximum atomic E-state index is 11.8. The fourth-order valence-corrected chi connectivity index (χ4v) is 1.17. The van der Waals surface area contributed by atoms with E-state index >= 15 is 0 Å². The van der Waals surface area contributed by atoms with Crippen molar-refractivity contribution in [2.75, 3.05) is 13.1 Å². The minimum absolute atomic E-state index is 0.213. The van der Waals surface area contributed by atoms with Crippen LogP contribution in [0.15, 0.2) is 0 Å². The third kappa shape index (κ3) is 8.80.